The van der Waals surface area contributed by atoms with E-state index >= 15 is 0 Å². The Labute approximate surface area is 203 Å². The number of fused-ring (bicyclic) bond motifs is 2. The molecule has 2 nitrogen and oxygen atoms in total. The first-order valence-corrected chi connectivity index (χ1v) is 14.6. The molecule has 0 fully saturated rings. The molecule has 162 valence electrons. The first-order valence-electron chi connectivity index (χ1n) is 11.2. The van der Waals surface area contributed by atoms with Crippen LogP contribution in [0.2, 0.25) is 0 Å². The summed E-state index contributed by atoms with van der Waals surface area (Å²) in [6, 6.07) is 13.7. The standard InChI is InChI=1S/C28H29N2Se2/c1-19-8-12-25-23(16-19)29(3)27(31-25)14-10-21-6-5-7-22(18-21)11-15-28-30(4)24-17-20(2)9-13-26(24)32-28/h8-18H,5-7H2,1-4H3/q+1. The number of rotatable bonds is 3. The van der Waals surface area contributed by atoms with Crippen molar-refractivity contribution in [1.82, 2.24) is 0 Å². The number of aromatic nitrogens is 1. The second kappa shape index (κ2) is 9.04. The molecule has 2 heterocycles. The third-order valence-corrected chi connectivity index (χ3v) is 11.2. The molecule has 0 saturated heterocycles. The van der Waals surface area contributed by atoms with Gasteiger partial charge in [0.15, 0.2) is 0 Å². The van der Waals surface area contributed by atoms with Crippen molar-refractivity contribution in [3.8, 4) is 0 Å². The molecule has 1 aliphatic heterocycles. The Morgan fingerprint density at radius 2 is 1.78 bits per heavy atom. The van der Waals surface area contributed by atoms with E-state index in [-0.39, 0.29) is 0 Å². The molecule has 1 aromatic heterocycles. The van der Waals surface area contributed by atoms with Crippen LogP contribution in [0.4, 0.5) is 5.69 Å². The number of nitrogens with zero attached hydrogens (tertiary/aromatic N) is 2. The van der Waals surface area contributed by atoms with Crippen LogP contribution in [-0.2, 0) is 7.05 Å². The summed E-state index contributed by atoms with van der Waals surface area (Å²) in [5, 5.41) is 0. The van der Waals surface area contributed by atoms with E-state index in [0.29, 0.717) is 29.5 Å². The second-order valence-corrected chi connectivity index (χ2v) is 13.2. The molecule has 5 rings (SSSR count). The summed E-state index contributed by atoms with van der Waals surface area (Å²) in [7, 11) is 4.41. The number of hydrogen-bond acceptors (Lipinski definition) is 1. The van der Waals surface area contributed by atoms with E-state index in [0.717, 1.165) is 0 Å². The Kier molecular flexibility index (Phi) is 6.14. The van der Waals surface area contributed by atoms with E-state index in [2.05, 4.69) is 104 Å². The van der Waals surface area contributed by atoms with Gasteiger partial charge in [-0.05, 0) is 0 Å². The van der Waals surface area contributed by atoms with Gasteiger partial charge < -0.3 is 0 Å². The van der Waals surface area contributed by atoms with E-state index in [9.17, 15) is 0 Å². The Morgan fingerprint density at radius 3 is 2.66 bits per heavy atom. The Balaban J connectivity index is 1.36. The second-order valence-electron chi connectivity index (χ2n) is 8.76. The number of allylic oxidation sites excluding steroid dienone is 6. The van der Waals surface area contributed by atoms with Gasteiger partial charge in [0.1, 0.15) is 0 Å². The third-order valence-electron chi connectivity index (χ3n) is 6.22. The van der Waals surface area contributed by atoms with Crippen LogP contribution in [-0.4, -0.2) is 36.5 Å². The van der Waals surface area contributed by atoms with Crippen LogP contribution >= 0.6 is 0 Å². The Morgan fingerprint density at radius 1 is 0.969 bits per heavy atom. The van der Waals surface area contributed by atoms with Crippen LogP contribution in [0.1, 0.15) is 35.0 Å². The van der Waals surface area contributed by atoms with Crippen LogP contribution in [0, 0.1) is 13.8 Å². The minimum absolute atomic E-state index is 0.398. The predicted octanol–water partition coefficient (Wildman–Crippen LogP) is 4.71. The molecule has 0 unspecified atom stereocenters. The van der Waals surface area contributed by atoms with E-state index < -0.39 is 0 Å². The van der Waals surface area contributed by atoms with E-state index in [4.69, 9.17) is 0 Å². The normalized spacial score (nSPS) is 18.9. The van der Waals surface area contributed by atoms with Crippen molar-refractivity contribution >= 4 is 55.5 Å². The summed E-state index contributed by atoms with van der Waals surface area (Å²) in [4.78, 5) is 2.38. The molecule has 3 aromatic rings. The van der Waals surface area contributed by atoms with Gasteiger partial charge in [0.25, 0.3) is 0 Å². The maximum atomic E-state index is 2.41. The summed E-state index contributed by atoms with van der Waals surface area (Å²) in [6.45, 7) is 4.35. The molecular formula is C28H29N2Se2+. The van der Waals surface area contributed by atoms with Crippen LogP contribution in [0.3, 0.4) is 0 Å². The molecule has 0 bridgehead atoms. The molecule has 0 atom stereocenters. The monoisotopic (exact) mass is 553 g/mol. The molecule has 0 saturated carbocycles. The summed E-state index contributed by atoms with van der Waals surface area (Å²) >= 11 is 0.796. The van der Waals surface area contributed by atoms with Gasteiger partial charge >= 0.3 is 204 Å². The molecule has 0 amide bonds. The molecule has 0 N–H and O–H groups in total. The quantitative estimate of drug-likeness (QED) is 0.338. The zero-order chi connectivity index (χ0) is 22.2. The summed E-state index contributed by atoms with van der Waals surface area (Å²) in [6.07, 6.45) is 15.4. The van der Waals surface area contributed by atoms with Gasteiger partial charge in [-0.3, -0.25) is 0 Å². The SMILES string of the molecule is Cc1ccc2c(c1)N(C)/C(=C/C=C1C=C(/C=C/c3[se]c4ccc(C)cc4[n+]3C)CCC/1)[Se]2. The van der Waals surface area contributed by atoms with E-state index in [1.165, 1.54) is 70.6 Å². The van der Waals surface area contributed by atoms with Gasteiger partial charge in [-0.2, -0.15) is 0 Å². The molecule has 2 aromatic carbocycles. The van der Waals surface area contributed by atoms with E-state index in [1.807, 2.05) is 0 Å². The van der Waals surface area contributed by atoms with Crippen molar-refractivity contribution in [1.29, 1.82) is 0 Å². The zero-order valence-electron chi connectivity index (χ0n) is 19.2. The topological polar surface area (TPSA) is 7.12 Å². The fourth-order valence-corrected chi connectivity index (χ4v) is 8.68. The predicted molar refractivity (Wildman–Crippen MR) is 139 cm³/mol. The van der Waals surface area contributed by atoms with Gasteiger partial charge in [0, 0.05) is 0 Å². The van der Waals surface area contributed by atoms with Crippen molar-refractivity contribution in [2.45, 2.75) is 33.1 Å². The zero-order valence-corrected chi connectivity index (χ0v) is 22.6. The molecule has 32 heavy (non-hydrogen) atoms. The average molecular weight is 551 g/mol. The first kappa shape index (κ1) is 21.7. The fraction of sp³-hybridized carbons (Fsp3) is 0.250. The minimum atomic E-state index is 0.398. The fourth-order valence-electron chi connectivity index (χ4n) is 4.34. The van der Waals surface area contributed by atoms with Crippen molar-refractivity contribution in [2.24, 2.45) is 7.05 Å². The van der Waals surface area contributed by atoms with Gasteiger partial charge in [-0.1, -0.05) is 0 Å². The molecule has 1 aliphatic carbocycles. The molecule has 0 radical (unpaired) electrons. The Hall–Kier alpha value is -2.09. The van der Waals surface area contributed by atoms with Crippen molar-refractivity contribution < 1.29 is 4.57 Å². The van der Waals surface area contributed by atoms with Gasteiger partial charge in [-0.15, -0.1) is 0 Å². The van der Waals surface area contributed by atoms with Crippen molar-refractivity contribution in [3.05, 3.63) is 92.1 Å². The summed E-state index contributed by atoms with van der Waals surface area (Å²) in [5.74, 6) is 0. The maximum absolute atomic E-state index is 2.41. The molecular weight excluding hydrogens is 522 g/mol. The molecule has 2 aliphatic rings. The average Bonchev–Trinajstić information content (AvgIpc) is 3.27. The number of aryl methyl sites for hydroxylation is 3. The van der Waals surface area contributed by atoms with Crippen LogP contribution in [0.5, 0.6) is 0 Å². The van der Waals surface area contributed by atoms with Crippen molar-refractivity contribution in [2.75, 3.05) is 11.9 Å². The first-order chi connectivity index (χ1) is 15.5. The summed E-state index contributed by atoms with van der Waals surface area (Å²) < 4.78 is 8.25. The van der Waals surface area contributed by atoms with Gasteiger partial charge in [0.2, 0.25) is 0 Å². The van der Waals surface area contributed by atoms with Crippen LogP contribution in [0.15, 0.2) is 76.4 Å². The van der Waals surface area contributed by atoms with Crippen molar-refractivity contribution in [3.63, 3.8) is 0 Å². The van der Waals surface area contributed by atoms with Crippen LogP contribution in [0.25, 0.3) is 15.9 Å². The molecule has 0 spiro atoms. The summed E-state index contributed by atoms with van der Waals surface area (Å²) in [5.41, 5.74) is 8.34. The third kappa shape index (κ3) is 4.38. The van der Waals surface area contributed by atoms with E-state index in [1.54, 1.807) is 0 Å². The van der Waals surface area contributed by atoms with Gasteiger partial charge in [-0.25, -0.2) is 0 Å². The Bertz CT molecular complexity index is 1320. The number of hydrogen-bond donors (Lipinski definition) is 0. The van der Waals surface area contributed by atoms with Gasteiger partial charge in [0.05, 0.1) is 0 Å². The number of benzene rings is 2. The molecule has 4 heteroatoms. The number of anilines is 1. The van der Waals surface area contributed by atoms with Crippen LogP contribution < -0.4 is 13.9 Å².